The van der Waals surface area contributed by atoms with Gasteiger partial charge in [0.15, 0.2) is 0 Å². The number of nitrogens with one attached hydrogen (secondary N) is 1. The highest BCUT2D eigenvalue weighted by atomic mass is 35.5. The third-order valence-electron chi connectivity index (χ3n) is 3.49. The van der Waals surface area contributed by atoms with Crippen LogP contribution in [0.3, 0.4) is 0 Å². The molecule has 0 heterocycles. The van der Waals surface area contributed by atoms with E-state index in [1.165, 1.54) is 0 Å². The van der Waals surface area contributed by atoms with Crippen molar-refractivity contribution in [2.75, 3.05) is 25.2 Å². The maximum Gasteiger partial charge on any atom is 0.126 e. The zero-order valence-electron chi connectivity index (χ0n) is 12.4. The number of amidine groups is 1. The van der Waals surface area contributed by atoms with Crippen molar-refractivity contribution in [3.8, 4) is 0 Å². The minimum absolute atomic E-state index is 0.000951. The van der Waals surface area contributed by atoms with Gasteiger partial charge < -0.3 is 15.4 Å². The van der Waals surface area contributed by atoms with Crippen molar-refractivity contribution in [3.05, 3.63) is 28.8 Å². The third-order valence-corrected chi connectivity index (χ3v) is 3.80. The molecule has 1 aromatic rings. The van der Waals surface area contributed by atoms with Crippen LogP contribution in [-0.2, 0) is 4.74 Å². The molecule has 0 amide bonds. The Balaban J connectivity index is 3.25. The Morgan fingerprint density at radius 3 is 2.55 bits per heavy atom. The van der Waals surface area contributed by atoms with Gasteiger partial charge in [-0.3, -0.25) is 5.41 Å². The molecule has 20 heavy (non-hydrogen) atoms. The van der Waals surface area contributed by atoms with Crippen molar-refractivity contribution in [3.63, 3.8) is 0 Å². The molecule has 0 atom stereocenters. The van der Waals surface area contributed by atoms with Gasteiger partial charge in [-0.1, -0.05) is 31.5 Å². The number of methoxy groups -OCH3 is 1. The topological polar surface area (TPSA) is 62.3 Å². The van der Waals surface area contributed by atoms with E-state index < -0.39 is 0 Å². The summed E-state index contributed by atoms with van der Waals surface area (Å²) in [5, 5.41) is 8.29. The van der Waals surface area contributed by atoms with Gasteiger partial charge in [0, 0.05) is 25.4 Å². The predicted molar refractivity (Wildman–Crippen MR) is 86.1 cm³/mol. The molecule has 3 N–H and O–H groups in total. The average molecular weight is 298 g/mol. The lowest BCUT2D eigenvalue weighted by atomic mass is 10.1. The van der Waals surface area contributed by atoms with Crippen LogP contribution < -0.4 is 10.6 Å². The van der Waals surface area contributed by atoms with E-state index in [1.807, 2.05) is 12.1 Å². The van der Waals surface area contributed by atoms with Gasteiger partial charge in [0.2, 0.25) is 0 Å². The van der Waals surface area contributed by atoms with Crippen LogP contribution in [-0.4, -0.2) is 32.1 Å². The van der Waals surface area contributed by atoms with E-state index in [0.29, 0.717) is 23.2 Å². The van der Waals surface area contributed by atoms with Gasteiger partial charge in [-0.25, -0.2) is 0 Å². The Morgan fingerprint density at radius 1 is 1.40 bits per heavy atom. The summed E-state index contributed by atoms with van der Waals surface area (Å²) in [7, 11) is 1.69. The number of ether oxygens (including phenoxy) is 1. The first kappa shape index (κ1) is 16.8. The number of hydrogen-bond donors (Lipinski definition) is 2. The minimum Gasteiger partial charge on any atom is -0.384 e. The van der Waals surface area contributed by atoms with E-state index in [0.717, 1.165) is 25.1 Å². The van der Waals surface area contributed by atoms with Gasteiger partial charge in [0.25, 0.3) is 0 Å². The lowest BCUT2D eigenvalue weighted by Gasteiger charge is -2.34. The summed E-state index contributed by atoms with van der Waals surface area (Å²) in [5.74, 6) is -0.000951. The van der Waals surface area contributed by atoms with Crippen molar-refractivity contribution >= 4 is 23.1 Å². The lowest BCUT2D eigenvalue weighted by molar-refractivity contribution is 0.202. The number of nitrogens with zero attached hydrogens (tertiary/aromatic N) is 1. The standard InChI is InChI=1S/C15H24ClN3O/c1-4-11(5-2)19(9-10-20-3)13-8-6-7-12(16)14(13)15(17)18/h6-8,11H,4-5,9-10H2,1-3H3,(H3,17,18). The fourth-order valence-electron chi connectivity index (χ4n) is 2.44. The van der Waals surface area contributed by atoms with Crippen LogP contribution in [0.15, 0.2) is 18.2 Å². The molecular formula is C15H24ClN3O. The average Bonchev–Trinajstić information content (AvgIpc) is 2.42. The maximum atomic E-state index is 7.78. The highest BCUT2D eigenvalue weighted by molar-refractivity contribution is 6.34. The summed E-state index contributed by atoms with van der Waals surface area (Å²) >= 11 is 6.21. The van der Waals surface area contributed by atoms with Crippen LogP contribution in [0.1, 0.15) is 32.3 Å². The Bertz CT molecular complexity index is 447. The van der Waals surface area contributed by atoms with Crippen LogP contribution in [0, 0.1) is 5.41 Å². The SMILES string of the molecule is CCC(CC)N(CCOC)c1cccc(Cl)c1C(=N)N. The van der Waals surface area contributed by atoms with Crippen molar-refractivity contribution in [1.82, 2.24) is 0 Å². The largest absolute Gasteiger partial charge is 0.384 e. The Kier molecular flexibility index (Phi) is 6.82. The fraction of sp³-hybridized carbons (Fsp3) is 0.533. The first-order valence-corrected chi connectivity index (χ1v) is 7.33. The molecule has 0 aromatic heterocycles. The first-order chi connectivity index (χ1) is 9.56. The molecule has 0 aliphatic heterocycles. The van der Waals surface area contributed by atoms with E-state index in [9.17, 15) is 0 Å². The molecule has 112 valence electrons. The summed E-state index contributed by atoms with van der Waals surface area (Å²) in [6.45, 7) is 5.70. The molecular weight excluding hydrogens is 274 g/mol. The lowest BCUT2D eigenvalue weighted by Crippen LogP contribution is -2.38. The molecule has 1 aromatic carbocycles. The molecule has 0 radical (unpaired) electrons. The molecule has 0 unspecified atom stereocenters. The van der Waals surface area contributed by atoms with E-state index in [2.05, 4.69) is 18.7 Å². The number of nitrogen functional groups attached to an aromatic ring is 1. The number of anilines is 1. The van der Waals surface area contributed by atoms with Gasteiger partial charge in [-0.2, -0.15) is 0 Å². The third kappa shape index (κ3) is 3.87. The predicted octanol–water partition coefficient (Wildman–Crippen LogP) is 3.27. The van der Waals surface area contributed by atoms with E-state index in [4.69, 9.17) is 27.5 Å². The van der Waals surface area contributed by atoms with Crippen LogP contribution in [0.4, 0.5) is 5.69 Å². The Hall–Kier alpha value is -1.26. The normalized spacial score (nSPS) is 10.8. The molecule has 0 saturated carbocycles. The molecule has 0 fully saturated rings. The van der Waals surface area contributed by atoms with Crippen LogP contribution in [0.25, 0.3) is 0 Å². The van der Waals surface area contributed by atoms with Gasteiger partial charge in [-0.05, 0) is 25.0 Å². The maximum absolute atomic E-state index is 7.78. The number of halogens is 1. The Labute approximate surface area is 126 Å². The van der Waals surface area contributed by atoms with Gasteiger partial charge in [-0.15, -0.1) is 0 Å². The summed E-state index contributed by atoms with van der Waals surface area (Å²) < 4.78 is 5.20. The second kappa shape index (κ2) is 8.12. The summed E-state index contributed by atoms with van der Waals surface area (Å²) in [6, 6.07) is 6.01. The minimum atomic E-state index is -0.000951. The zero-order valence-corrected chi connectivity index (χ0v) is 13.2. The van der Waals surface area contributed by atoms with Crippen LogP contribution in [0.2, 0.25) is 5.02 Å². The number of benzene rings is 1. The quantitative estimate of drug-likeness (QED) is 0.572. The van der Waals surface area contributed by atoms with E-state index in [1.54, 1.807) is 13.2 Å². The van der Waals surface area contributed by atoms with Crippen molar-refractivity contribution in [2.45, 2.75) is 32.7 Å². The number of rotatable bonds is 8. The number of nitrogens with two attached hydrogens (primary N) is 1. The van der Waals surface area contributed by atoms with Crippen LogP contribution >= 0.6 is 11.6 Å². The number of hydrogen-bond acceptors (Lipinski definition) is 3. The zero-order chi connectivity index (χ0) is 15.1. The summed E-state index contributed by atoms with van der Waals surface area (Å²) in [4.78, 5) is 2.24. The molecule has 1 rings (SSSR count). The summed E-state index contributed by atoms with van der Waals surface area (Å²) in [5.41, 5.74) is 7.23. The van der Waals surface area contributed by atoms with Crippen LogP contribution in [0.5, 0.6) is 0 Å². The molecule has 5 heteroatoms. The second-order valence-corrected chi connectivity index (χ2v) is 5.11. The summed E-state index contributed by atoms with van der Waals surface area (Å²) in [6.07, 6.45) is 2.04. The monoisotopic (exact) mass is 297 g/mol. The molecule has 0 aliphatic carbocycles. The smallest absolute Gasteiger partial charge is 0.126 e. The van der Waals surface area contributed by atoms with Crippen molar-refractivity contribution < 1.29 is 4.74 Å². The van der Waals surface area contributed by atoms with E-state index in [-0.39, 0.29) is 5.84 Å². The molecule has 0 saturated heterocycles. The second-order valence-electron chi connectivity index (χ2n) is 4.70. The highest BCUT2D eigenvalue weighted by Crippen LogP contribution is 2.29. The van der Waals surface area contributed by atoms with Gasteiger partial charge >= 0.3 is 0 Å². The van der Waals surface area contributed by atoms with Gasteiger partial charge in [0.05, 0.1) is 17.2 Å². The molecule has 4 nitrogen and oxygen atoms in total. The molecule has 0 spiro atoms. The molecule has 0 bridgehead atoms. The van der Waals surface area contributed by atoms with Gasteiger partial charge in [0.1, 0.15) is 5.84 Å². The first-order valence-electron chi connectivity index (χ1n) is 6.95. The fourth-order valence-corrected chi connectivity index (χ4v) is 2.71. The van der Waals surface area contributed by atoms with E-state index >= 15 is 0 Å². The van der Waals surface area contributed by atoms with Crippen molar-refractivity contribution in [1.29, 1.82) is 5.41 Å². The van der Waals surface area contributed by atoms with Crippen molar-refractivity contribution in [2.24, 2.45) is 5.73 Å². The molecule has 0 aliphatic rings. The highest BCUT2D eigenvalue weighted by Gasteiger charge is 2.21. The Morgan fingerprint density at radius 2 is 2.05 bits per heavy atom.